The quantitative estimate of drug-likeness (QED) is 0.161. The van der Waals surface area contributed by atoms with Gasteiger partial charge in [-0.05, 0) is 6.54 Å². The van der Waals surface area contributed by atoms with Crippen LogP contribution in [0.1, 0.15) is 6.92 Å². The van der Waals surface area contributed by atoms with Crippen LogP contribution >= 0.6 is 0 Å². The first-order chi connectivity index (χ1) is 13.5. The Labute approximate surface area is 166 Å². The molecule has 0 heterocycles. The molecule has 0 atom stereocenters. The maximum Gasteiger partial charge on any atom is 0.319 e. The smallest absolute Gasteiger partial charge is 0.319 e. The molecule has 29 heavy (non-hydrogen) atoms. The maximum absolute atomic E-state index is 11.1. The van der Waals surface area contributed by atoms with Crippen LogP contribution in [0.5, 0.6) is 0 Å². The Bertz CT molecular complexity index is 583. The van der Waals surface area contributed by atoms with Crippen molar-refractivity contribution in [1.29, 1.82) is 0 Å². The summed E-state index contributed by atoms with van der Waals surface area (Å²) < 4.78 is 0. The van der Waals surface area contributed by atoms with Gasteiger partial charge < -0.3 is 25.5 Å². The van der Waals surface area contributed by atoms with Gasteiger partial charge in [0.15, 0.2) is 5.92 Å². The molecule has 0 amide bonds. The summed E-state index contributed by atoms with van der Waals surface area (Å²) in [6.45, 7) is 0.758. The van der Waals surface area contributed by atoms with Crippen molar-refractivity contribution in [3.63, 3.8) is 0 Å². The lowest BCUT2D eigenvalue weighted by atomic mass is 10.1. The summed E-state index contributed by atoms with van der Waals surface area (Å²) in [5.41, 5.74) is 0. The molecule has 166 valence electrons. The summed E-state index contributed by atoms with van der Waals surface area (Å²) in [5.74, 6) is -8.51. The van der Waals surface area contributed by atoms with Crippen LogP contribution in [0.4, 0.5) is 0 Å². The fraction of sp³-hybridized carbons (Fsp3) is 0.688. The minimum atomic E-state index is -1.83. The SMILES string of the molecule is CCN(CCN(CCN(CC(=O)O)CC(C(=O)O)C(=O)O)CC(=O)O)CC(=O)O. The van der Waals surface area contributed by atoms with E-state index >= 15 is 0 Å². The fourth-order valence-electron chi connectivity index (χ4n) is 2.51. The standard InChI is InChI=1S/C16H27N3O10/c1-2-17(8-12(20)21)3-4-18(9-13(22)23)5-6-19(10-14(24)25)7-11(15(26)27)16(28)29/h11H,2-10H2,1H3,(H,20,21)(H,22,23)(H,24,25)(H,26,27)(H,28,29). The summed E-state index contributed by atoms with van der Waals surface area (Å²) in [5, 5.41) is 44.8. The molecule has 0 radical (unpaired) electrons. The van der Waals surface area contributed by atoms with Crippen LogP contribution in [0.25, 0.3) is 0 Å². The van der Waals surface area contributed by atoms with Crippen molar-refractivity contribution < 1.29 is 49.5 Å². The molecule has 0 unspecified atom stereocenters. The van der Waals surface area contributed by atoms with Gasteiger partial charge in [-0.1, -0.05) is 6.92 Å². The molecule has 0 saturated heterocycles. The van der Waals surface area contributed by atoms with Gasteiger partial charge in [0.2, 0.25) is 0 Å². The molecule has 0 aliphatic rings. The Kier molecular flexibility index (Phi) is 12.1. The van der Waals surface area contributed by atoms with E-state index in [2.05, 4.69) is 0 Å². The molecule has 0 saturated carbocycles. The second-order valence-corrected chi connectivity index (χ2v) is 6.29. The lowest BCUT2D eigenvalue weighted by Gasteiger charge is -2.28. The van der Waals surface area contributed by atoms with Crippen molar-refractivity contribution in [3.8, 4) is 0 Å². The number of nitrogens with zero attached hydrogens (tertiary/aromatic N) is 3. The van der Waals surface area contributed by atoms with E-state index in [0.717, 1.165) is 4.90 Å². The average Bonchev–Trinajstić information content (AvgIpc) is 2.58. The van der Waals surface area contributed by atoms with Gasteiger partial charge in [-0.3, -0.25) is 38.7 Å². The number of aliphatic carboxylic acids is 5. The number of hydrogen-bond donors (Lipinski definition) is 5. The normalized spacial score (nSPS) is 11.3. The first-order valence-corrected chi connectivity index (χ1v) is 8.74. The predicted octanol–water partition coefficient (Wildman–Crippen LogP) is -2.05. The lowest BCUT2D eigenvalue weighted by molar-refractivity contribution is -0.156. The zero-order chi connectivity index (χ0) is 22.6. The van der Waals surface area contributed by atoms with Gasteiger partial charge in [0.1, 0.15) is 0 Å². The van der Waals surface area contributed by atoms with E-state index in [4.69, 9.17) is 25.5 Å². The van der Waals surface area contributed by atoms with E-state index in [9.17, 15) is 24.0 Å². The van der Waals surface area contributed by atoms with E-state index in [1.54, 1.807) is 11.8 Å². The molecule has 0 fully saturated rings. The van der Waals surface area contributed by atoms with Gasteiger partial charge in [-0.25, -0.2) is 0 Å². The molecule has 13 heteroatoms. The zero-order valence-electron chi connectivity index (χ0n) is 16.1. The topological polar surface area (TPSA) is 196 Å². The zero-order valence-corrected chi connectivity index (χ0v) is 16.1. The minimum absolute atomic E-state index is 0.0240. The molecule has 13 nitrogen and oxygen atoms in total. The van der Waals surface area contributed by atoms with Crippen molar-refractivity contribution in [1.82, 2.24) is 14.7 Å². The van der Waals surface area contributed by atoms with Gasteiger partial charge in [0.25, 0.3) is 0 Å². The molecule has 0 aromatic heterocycles. The van der Waals surface area contributed by atoms with E-state index in [0.29, 0.717) is 6.54 Å². The lowest BCUT2D eigenvalue weighted by Crippen LogP contribution is -2.46. The number of hydrogen-bond acceptors (Lipinski definition) is 8. The maximum atomic E-state index is 11.1. The van der Waals surface area contributed by atoms with E-state index in [1.807, 2.05) is 0 Å². The molecular weight excluding hydrogens is 394 g/mol. The summed E-state index contributed by atoms with van der Waals surface area (Å²) >= 11 is 0. The molecule has 0 aromatic carbocycles. The average molecular weight is 421 g/mol. The van der Waals surface area contributed by atoms with Crippen molar-refractivity contribution in [2.75, 3.05) is 58.9 Å². The van der Waals surface area contributed by atoms with Crippen LogP contribution in [-0.4, -0.2) is 129 Å². The van der Waals surface area contributed by atoms with Crippen molar-refractivity contribution in [2.24, 2.45) is 5.92 Å². The van der Waals surface area contributed by atoms with Crippen LogP contribution in [0.15, 0.2) is 0 Å². The monoisotopic (exact) mass is 421 g/mol. The van der Waals surface area contributed by atoms with Crippen LogP contribution in [0, 0.1) is 5.92 Å². The number of likely N-dealkylation sites (N-methyl/N-ethyl adjacent to an activating group) is 1. The third-order valence-electron chi connectivity index (χ3n) is 4.03. The largest absolute Gasteiger partial charge is 0.481 e. The second-order valence-electron chi connectivity index (χ2n) is 6.29. The molecule has 0 bridgehead atoms. The number of carboxylic acid groups (broad SMARTS) is 5. The van der Waals surface area contributed by atoms with E-state index in [1.165, 1.54) is 4.90 Å². The molecule has 0 spiro atoms. The molecular formula is C16H27N3O10. The molecule has 0 rings (SSSR count). The van der Waals surface area contributed by atoms with Crippen molar-refractivity contribution in [3.05, 3.63) is 0 Å². The number of carbonyl (C=O) groups is 5. The van der Waals surface area contributed by atoms with Gasteiger partial charge in [0, 0.05) is 32.7 Å². The molecule has 0 aliphatic heterocycles. The highest BCUT2D eigenvalue weighted by atomic mass is 16.4. The third kappa shape index (κ3) is 12.3. The van der Waals surface area contributed by atoms with Gasteiger partial charge >= 0.3 is 29.8 Å². The number of rotatable bonds is 17. The Morgan fingerprint density at radius 1 is 0.621 bits per heavy atom. The second kappa shape index (κ2) is 13.4. The summed E-state index contributed by atoms with van der Waals surface area (Å²) in [7, 11) is 0. The van der Waals surface area contributed by atoms with E-state index < -0.39 is 55.4 Å². The molecule has 5 N–H and O–H groups in total. The van der Waals surface area contributed by atoms with Crippen molar-refractivity contribution in [2.45, 2.75) is 6.92 Å². The molecule has 0 aromatic rings. The Morgan fingerprint density at radius 2 is 0.966 bits per heavy atom. The van der Waals surface area contributed by atoms with Gasteiger partial charge in [-0.2, -0.15) is 0 Å². The van der Waals surface area contributed by atoms with Crippen molar-refractivity contribution >= 4 is 29.8 Å². The van der Waals surface area contributed by atoms with Crippen LogP contribution < -0.4 is 0 Å². The summed E-state index contributed by atoms with van der Waals surface area (Å²) in [4.78, 5) is 59.1. The first kappa shape index (κ1) is 26.2. The Balaban J connectivity index is 5.04. The minimum Gasteiger partial charge on any atom is -0.481 e. The van der Waals surface area contributed by atoms with Crippen LogP contribution in [0.3, 0.4) is 0 Å². The Morgan fingerprint density at radius 3 is 1.34 bits per heavy atom. The summed E-state index contributed by atoms with van der Waals surface area (Å²) in [6, 6.07) is 0. The highest BCUT2D eigenvalue weighted by Crippen LogP contribution is 2.04. The van der Waals surface area contributed by atoms with Crippen LogP contribution in [-0.2, 0) is 24.0 Å². The molecule has 0 aliphatic carbocycles. The number of carboxylic acids is 5. The first-order valence-electron chi connectivity index (χ1n) is 8.74. The summed E-state index contributed by atoms with van der Waals surface area (Å²) in [6.07, 6.45) is 0. The Hall–Kier alpha value is -2.77. The van der Waals surface area contributed by atoms with Gasteiger partial charge in [0.05, 0.1) is 19.6 Å². The highest BCUT2D eigenvalue weighted by Gasteiger charge is 2.29. The van der Waals surface area contributed by atoms with Gasteiger partial charge in [-0.15, -0.1) is 0 Å². The fourth-order valence-corrected chi connectivity index (χ4v) is 2.51. The highest BCUT2D eigenvalue weighted by molar-refractivity contribution is 5.93. The third-order valence-corrected chi connectivity index (χ3v) is 4.03. The van der Waals surface area contributed by atoms with E-state index in [-0.39, 0.29) is 32.7 Å². The predicted molar refractivity (Wildman–Crippen MR) is 96.7 cm³/mol. The van der Waals surface area contributed by atoms with Crippen LogP contribution in [0.2, 0.25) is 0 Å².